The minimum atomic E-state index is -0.163. The first kappa shape index (κ1) is 14.8. The maximum absolute atomic E-state index is 12.3. The summed E-state index contributed by atoms with van der Waals surface area (Å²) in [5.41, 5.74) is 0. The highest BCUT2D eigenvalue weighted by Gasteiger charge is 2.23. The molecule has 1 aliphatic heterocycles. The van der Waals surface area contributed by atoms with E-state index in [0.717, 1.165) is 32.0 Å². The van der Waals surface area contributed by atoms with Gasteiger partial charge in [0.1, 0.15) is 6.33 Å². The summed E-state index contributed by atoms with van der Waals surface area (Å²) in [7, 11) is 1.87. The van der Waals surface area contributed by atoms with Gasteiger partial charge in [-0.15, -0.1) is 10.2 Å². The summed E-state index contributed by atoms with van der Waals surface area (Å²) in [5, 5.41) is 10.8. The van der Waals surface area contributed by atoms with E-state index in [-0.39, 0.29) is 12.1 Å². The number of nitrogens with zero attached hydrogens (tertiary/aromatic N) is 4. The third-order valence-corrected chi connectivity index (χ3v) is 3.65. The van der Waals surface area contributed by atoms with Crippen molar-refractivity contribution in [2.24, 2.45) is 13.0 Å². The molecular formula is C13H23N5O2. The Morgan fingerprint density at radius 3 is 3.05 bits per heavy atom. The molecule has 2 amide bonds. The van der Waals surface area contributed by atoms with E-state index in [1.165, 1.54) is 0 Å². The van der Waals surface area contributed by atoms with E-state index in [2.05, 4.69) is 15.5 Å². The predicted octanol–water partition coefficient (Wildman–Crippen LogP) is 0.944. The van der Waals surface area contributed by atoms with E-state index in [1.807, 2.05) is 30.4 Å². The lowest BCUT2D eigenvalue weighted by molar-refractivity contribution is 0.165. The number of carbonyl (C=O) groups is 1. The Balaban J connectivity index is 1.89. The highest BCUT2D eigenvalue weighted by atomic mass is 16.5. The summed E-state index contributed by atoms with van der Waals surface area (Å²) in [6.07, 6.45) is 2.66. The Morgan fingerprint density at radius 2 is 2.50 bits per heavy atom. The average molecular weight is 281 g/mol. The van der Waals surface area contributed by atoms with Crippen molar-refractivity contribution in [2.45, 2.75) is 26.3 Å². The minimum absolute atomic E-state index is 0.0603. The van der Waals surface area contributed by atoms with Gasteiger partial charge in [0.05, 0.1) is 12.6 Å². The van der Waals surface area contributed by atoms with E-state index < -0.39 is 0 Å². The van der Waals surface area contributed by atoms with E-state index in [0.29, 0.717) is 12.5 Å². The predicted molar refractivity (Wildman–Crippen MR) is 74.1 cm³/mol. The fraction of sp³-hybridized carbons (Fsp3) is 0.769. The van der Waals surface area contributed by atoms with Gasteiger partial charge < -0.3 is 19.5 Å². The summed E-state index contributed by atoms with van der Waals surface area (Å²) in [6.45, 7) is 6.89. The number of hydrogen-bond donors (Lipinski definition) is 1. The van der Waals surface area contributed by atoms with Gasteiger partial charge in [0.15, 0.2) is 5.82 Å². The van der Waals surface area contributed by atoms with E-state index in [9.17, 15) is 4.79 Å². The molecule has 7 nitrogen and oxygen atoms in total. The minimum Gasteiger partial charge on any atom is -0.381 e. The number of carbonyl (C=O) groups excluding carboxylic acids is 1. The zero-order chi connectivity index (χ0) is 14.5. The van der Waals surface area contributed by atoms with Crippen LogP contribution < -0.4 is 5.32 Å². The summed E-state index contributed by atoms with van der Waals surface area (Å²) in [5.74, 6) is 1.20. The molecule has 1 aliphatic rings. The molecule has 2 atom stereocenters. The van der Waals surface area contributed by atoms with E-state index in [4.69, 9.17) is 4.74 Å². The van der Waals surface area contributed by atoms with Crippen molar-refractivity contribution in [3.8, 4) is 0 Å². The second-order valence-corrected chi connectivity index (χ2v) is 5.24. The zero-order valence-electron chi connectivity index (χ0n) is 12.4. The third-order valence-electron chi connectivity index (χ3n) is 3.65. The Bertz CT molecular complexity index is 442. The summed E-state index contributed by atoms with van der Waals surface area (Å²) in [6, 6.07) is -0.223. The molecule has 0 unspecified atom stereocenters. The van der Waals surface area contributed by atoms with Crippen molar-refractivity contribution in [1.29, 1.82) is 0 Å². The number of urea groups is 1. The fourth-order valence-electron chi connectivity index (χ4n) is 2.42. The molecule has 0 spiro atoms. The van der Waals surface area contributed by atoms with Gasteiger partial charge in [0, 0.05) is 32.7 Å². The highest BCUT2D eigenvalue weighted by Crippen LogP contribution is 2.15. The van der Waals surface area contributed by atoms with Crippen molar-refractivity contribution in [2.75, 3.05) is 26.3 Å². The topological polar surface area (TPSA) is 72.3 Å². The molecular weight excluding hydrogens is 258 g/mol. The lowest BCUT2D eigenvalue weighted by atomic mass is 10.1. The van der Waals surface area contributed by atoms with Crippen LogP contribution in [-0.2, 0) is 11.8 Å². The normalized spacial score (nSPS) is 19.9. The van der Waals surface area contributed by atoms with Gasteiger partial charge in [0.2, 0.25) is 0 Å². The van der Waals surface area contributed by atoms with Crippen LogP contribution in [0.15, 0.2) is 6.33 Å². The Hall–Kier alpha value is -1.63. The molecule has 20 heavy (non-hydrogen) atoms. The van der Waals surface area contributed by atoms with E-state index >= 15 is 0 Å². The molecule has 1 aromatic heterocycles. The van der Waals surface area contributed by atoms with Gasteiger partial charge in [-0.05, 0) is 20.3 Å². The number of rotatable bonds is 5. The first-order chi connectivity index (χ1) is 9.61. The van der Waals surface area contributed by atoms with Crippen LogP contribution >= 0.6 is 0 Å². The van der Waals surface area contributed by atoms with Crippen LogP contribution in [0.4, 0.5) is 4.79 Å². The standard InChI is InChI=1S/C13H23N5O2/c1-4-18(7-11-5-6-20-8-11)13(19)15-10(2)12-16-14-9-17(12)3/h9-11H,4-8H2,1-3H3,(H,15,19)/t10-,11-/m1/s1. The number of amides is 2. The second-order valence-electron chi connectivity index (χ2n) is 5.24. The van der Waals surface area contributed by atoms with Gasteiger partial charge in [-0.1, -0.05) is 0 Å². The van der Waals surface area contributed by atoms with Crippen molar-refractivity contribution in [3.63, 3.8) is 0 Å². The number of ether oxygens (including phenoxy) is 1. The molecule has 1 fully saturated rings. The summed E-state index contributed by atoms with van der Waals surface area (Å²) < 4.78 is 7.17. The van der Waals surface area contributed by atoms with Gasteiger partial charge in [-0.25, -0.2) is 4.79 Å². The molecule has 7 heteroatoms. The monoisotopic (exact) mass is 281 g/mol. The quantitative estimate of drug-likeness (QED) is 0.872. The molecule has 0 radical (unpaired) electrons. The molecule has 0 bridgehead atoms. The zero-order valence-corrected chi connectivity index (χ0v) is 12.4. The van der Waals surface area contributed by atoms with Gasteiger partial charge >= 0.3 is 6.03 Å². The Morgan fingerprint density at radius 1 is 1.70 bits per heavy atom. The van der Waals surface area contributed by atoms with Crippen LogP contribution in [0.5, 0.6) is 0 Å². The second kappa shape index (κ2) is 6.69. The summed E-state index contributed by atoms with van der Waals surface area (Å²) >= 11 is 0. The summed E-state index contributed by atoms with van der Waals surface area (Å²) in [4.78, 5) is 14.1. The largest absolute Gasteiger partial charge is 0.381 e. The van der Waals surface area contributed by atoms with Crippen molar-refractivity contribution in [1.82, 2.24) is 25.0 Å². The van der Waals surface area contributed by atoms with Gasteiger partial charge in [-0.3, -0.25) is 0 Å². The lowest BCUT2D eigenvalue weighted by Gasteiger charge is -2.25. The van der Waals surface area contributed by atoms with Crippen LogP contribution in [-0.4, -0.2) is 52.0 Å². The molecule has 0 aliphatic carbocycles. The SMILES string of the molecule is CCN(C[C@H]1CCOC1)C(=O)N[C@H](C)c1nncn1C. The molecule has 112 valence electrons. The molecule has 1 N–H and O–H groups in total. The first-order valence-electron chi connectivity index (χ1n) is 7.08. The van der Waals surface area contributed by atoms with Crippen LogP contribution in [0.2, 0.25) is 0 Å². The van der Waals surface area contributed by atoms with Crippen LogP contribution in [0, 0.1) is 5.92 Å². The number of aromatic nitrogens is 3. The first-order valence-corrected chi connectivity index (χ1v) is 7.08. The van der Waals surface area contributed by atoms with Gasteiger partial charge in [0.25, 0.3) is 0 Å². The molecule has 1 aromatic rings. The Kier molecular flexibility index (Phi) is 4.94. The van der Waals surface area contributed by atoms with Crippen LogP contribution in [0.25, 0.3) is 0 Å². The van der Waals surface area contributed by atoms with Gasteiger partial charge in [-0.2, -0.15) is 0 Å². The van der Waals surface area contributed by atoms with Crippen LogP contribution in [0.1, 0.15) is 32.1 Å². The molecule has 2 rings (SSSR count). The van der Waals surface area contributed by atoms with E-state index in [1.54, 1.807) is 6.33 Å². The van der Waals surface area contributed by atoms with Crippen molar-refractivity contribution < 1.29 is 9.53 Å². The van der Waals surface area contributed by atoms with Crippen molar-refractivity contribution >= 4 is 6.03 Å². The molecule has 1 saturated heterocycles. The number of nitrogens with one attached hydrogen (secondary N) is 1. The Labute approximate surface area is 119 Å². The highest BCUT2D eigenvalue weighted by molar-refractivity contribution is 5.74. The molecule has 0 aromatic carbocycles. The maximum atomic E-state index is 12.3. The third kappa shape index (κ3) is 3.47. The number of hydrogen-bond acceptors (Lipinski definition) is 4. The lowest BCUT2D eigenvalue weighted by Crippen LogP contribution is -2.43. The number of aryl methyl sites for hydroxylation is 1. The smallest absolute Gasteiger partial charge is 0.317 e. The van der Waals surface area contributed by atoms with Crippen molar-refractivity contribution in [3.05, 3.63) is 12.2 Å². The average Bonchev–Trinajstić information content (AvgIpc) is 3.06. The molecule has 2 heterocycles. The maximum Gasteiger partial charge on any atom is 0.317 e. The fourth-order valence-corrected chi connectivity index (χ4v) is 2.42. The van der Waals surface area contributed by atoms with Crippen LogP contribution in [0.3, 0.4) is 0 Å². The molecule has 0 saturated carbocycles.